The van der Waals surface area contributed by atoms with Crippen LogP contribution >= 0.6 is 0 Å². The molecule has 1 aromatic carbocycles. The second-order valence-electron chi connectivity index (χ2n) is 5.14. The molecular weight excluding hydrogens is 256 g/mol. The van der Waals surface area contributed by atoms with Gasteiger partial charge in [0.05, 0.1) is 16.6 Å². The van der Waals surface area contributed by atoms with E-state index in [1.807, 2.05) is 11.0 Å². The Kier molecular flexibility index (Phi) is 4.20. The molecule has 0 aliphatic carbocycles. The third-order valence-corrected chi connectivity index (χ3v) is 3.96. The molecule has 6 heteroatoms. The molecule has 2 rings (SSSR count). The highest BCUT2D eigenvalue weighted by molar-refractivity contribution is 5.66. The van der Waals surface area contributed by atoms with Gasteiger partial charge in [0.1, 0.15) is 5.69 Å². The minimum Gasteiger partial charge on any atom is -0.366 e. The maximum absolute atomic E-state index is 11.2. The topological polar surface area (TPSA) is 96.2 Å². The van der Waals surface area contributed by atoms with Gasteiger partial charge in [0.25, 0.3) is 5.69 Å². The molecule has 2 N–H and O–H groups in total. The van der Waals surface area contributed by atoms with Gasteiger partial charge in [-0.15, -0.1) is 0 Å². The SMILES string of the molecule is CCC1CN(c2cc(C#N)ccc2[N+](=O)[O-])CCC1N. The van der Waals surface area contributed by atoms with E-state index in [0.717, 1.165) is 12.8 Å². The van der Waals surface area contributed by atoms with Crippen LogP contribution in [0.25, 0.3) is 0 Å². The fraction of sp³-hybridized carbons (Fsp3) is 0.500. The van der Waals surface area contributed by atoms with Gasteiger partial charge >= 0.3 is 0 Å². The zero-order valence-electron chi connectivity index (χ0n) is 11.5. The van der Waals surface area contributed by atoms with E-state index >= 15 is 0 Å². The lowest BCUT2D eigenvalue weighted by Gasteiger charge is -2.37. The minimum absolute atomic E-state index is 0.0503. The van der Waals surface area contributed by atoms with Crippen LogP contribution in [-0.2, 0) is 0 Å². The van der Waals surface area contributed by atoms with Crippen LogP contribution in [0, 0.1) is 27.4 Å². The first kappa shape index (κ1) is 14.3. The van der Waals surface area contributed by atoms with E-state index < -0.39 is 4.92 Å². The third-order valence-electron chi connectivity index (χ3n) is 3.96. The predicted molar refractivity (Wildman–Crippen MR) is 76.4 cm³/mol. The average molecular weight is 274 g/mol. The smallest absolute Gasteiger partial charge is 0.292 e. The quantitative estimate of drug-likeness (QED) is 0.672. The number of rotatable bonds is 3. The molecule has 2 unspecified atom stereocenters. The fourth-order valence-corrected chi connectivity index (χ4v) is 2.70. The molecular formula is C14H18N4O2. The van der Waals surface area contributed by atoms with E-state index in [1.165, 1.54) is 12.1 Å². The Bertz CT molecular complexity index is 553. The van der Waals surface area contributed by atoms with E-state index in [0.29, 0.717) is 30.3 Å². The Balaban J connectivity index is 2.36. The lowest BCUT2D eigenvalue weighted by atomic mass is 9.90. The highest BCUT2D eigenvalue weighted by Gasteiger charge is 2.29. The van der Waals surface area contributed by atoms with Crippen molar-refractivity contribution < 1.29 is 4.92 Å². The molecule has 20 heavy (non-hydrogen) atoms. The normalized spacial score (nSPS) is 22.4. The van der Waals surface area contributed by atoms with E-state index in [4.69, 9.17) is 11.0 Å². The molecule has 0 bridgehead atoms. The number of anilines is 1. The molecule has 1 aromatic rings. The van der Waals surface area contributed by atoms with Gasteiger partial charge in [0, 0.05) is 25.2 Å². The Hall–Kier alpha value is -2.13. The summed E-state index contributed by atoms with van der Waals surface area (Å²) in [7, 11) is 0. The maximum atomic E-state index is 11.2. The van der Waals surface area contributed by atoms with Crippen LogP contribution in [0.3, 0.4) is 0 Å². The molecule has 0 radical (unpaired) electrons. The zero-order valence-corrected chi connectivity index (χ0v) is 11.5. The van der Waals surface area contributed by atoms with E-state index in [-0.39, 0.29) is 11.7 Å². The summed E-state index contributed by atoms with van der Waals surface area (Å²) in [5.41, 5.74) is 7.09. The van der Waals surface area contributed by atoms with Crippen LogP contribution in [0.15, 0.2) is 18.2 Å². The van der Waals surface area contributed by atoms with E-state index in [9.17, 15) is 10.1 Å². The summed E-state index contributed by atoms with van der Waals surface area (Å²) in [5, 5.41) is 20.1. The van der Waals surface area contributed by atoms with E-state index in [1.54, 1.807) is 6.07 Å². The maximum Gasteiger partial charge on any atom is 0.292 e. The van der Waals surface area contributed by atoms with Gasteiger partial charge in [0.15, 0.2) is 0 Å². The van der Waals surface area contributed by atoms with Crippen molar-refractivity contribution in [3.63, 3.8) is 0 Å². The molecule has 1 fully saturated rings. The summed E-state index contributed by atoms with van der Waals surface area (Å²) in [5.74, 6) is 0.328. The zero-order chi connectivity index (χ0) is 14.7. The number of benzene rings is 1. The number of nitrogens with two attached hydrogens (primary N) is 1. The van der Waals surface area contributed by atoms with Crippen molar-refractivity contribution in [1.29, 1.82) is 5.26 Å². The Morgan fingerprint density at radius 1 is 1.60 bits per heavy atom. The van der Waals surface area contributed by atoms with Crippen LogP contribution in [0.2, 0.25) is 0 Å². The molecule has 1 saturated heterocycles. The van der Waals surface area contributed by atoms with E-state index in [2.05, 4.69) is 6.92 Å². The number of nitriles is 1. The van der Waals surface area contributed by atoms with Crippen LogP contribution in [0.5, 0.6) is 0 Å². The van der Waals surface area contributed by atoms with Crippen molar-refractivity contribution in [3.8, 4) is 6.07 Å². The molecule has 0 amide bonds. The number of nitro groups is 1. The van der Waals surface area contributed by atoms with Gasteiger partial charge in [-0.3, -0.25) is 10.1 Å². The predicted octanol–water partition coefficient (Wildman–Crippen LogP) is 2.03. The summed E-state index contributed by atoms with van der Waals surface area (Å²) in [6, 6.07) is 6.67. The standard InChI is InChI=1S/C14H18N4O2/c1-2-11-9-17(6-5-12(11)16)14-7-10(8-15)3-4-13(14)18(19)20/h3-4,7,11-12H,2,5-6,9,16H2,1H3. The Morgan fingerprint density at radius 3 is 2.95 bits per heavy atom. The van der Waals surface area contributed by atoms with Crippen molar-refractivity contribution in [2.45, 2.75) is 25.8 Å². The first-order chi connectivity index (χ1) is 9.56. The van der Waals surface area contributed by atoms with Crippen LogP contribution < -0.4 is 10.6 Å². The molecule has 1 heterocycles. The number of hydrogen-bond donors (Lipinski definition) is 1. The van der Waals surface area contributed by atoms with Gasteiger partial charge < -0.3 is 10.6 Å². The van der Waals surface area contributed by atoms with Gasteiger partial charge in [-0.25, -0.2) is 0 Å². The van der Waals surface area contributed by atoms with Crippen molar-refractivity contribution in [2.75, 3.05) is 18.0 Å². The first-order valence-corrected chi connectivity index (χ1v) is 6.75. The van der Waals surface area contributed by atoms with Crippen LogP contribution in [0.1, 0.15) is 25.3 Å². The minimum atomic E-state index is -0.397. The molecule has 0 saturated carbocycles. The Labute approximate surface area is 117 Å². The number of hydrogen-bond acceptors (Lipinski definition) is 5. The van der Waals surface area contributed by atoms with Crippen molar-refractivity contribution in [1.82, 2.24) is 0 Å². The second kappa shape index (κ2) is 5.88. The average Bonchev–Trinajstić information content (AvgIpc) is 2.47. The molecule has 1 aliphatic heterocycles. The van der Waals surface area contributed by atoms with Crippen LogP contribution in [0.4, 0.5) is 11.4 Å². The van der Waals surface area contributed by atoms with Gasteiger partial charge in [-0.1, -0.05) is 13.3 Å². The molecule has 0 aromatic heterocycles. The summed E-state index contributed by atoms with van der Waals surface area (Å²) in [6.07, 6.45) is 1.76. The summed E-state index contributed by atoms with van der Waals surface area (Å²) >= 11 is 0. The number of nitro benzene ring substituents is 1. The highest BCUT2D eigenvalue weighted by Crippen LogP contribution is 2.32. The van der Waals surface area contributed by atoms with Gasteiger partial charge in [-0.05, 0) is 24.5 Å². The molecule has 2 atom stereocenters. The number of piperidine rings is 1. The van der Waals surface area contributed by atoms with Crippen LogP contribution in [-0.4, -0.2) is 24.1 Å². The van der Waals surface area contributed by atoms with Crippen molar-refractivity contribution in [3.05, 3.63) is 33.9 Å². The monoisotopic (exact) mass is 274 g/mol. The largest absolute Gasteiger partial charge is 0.366 e. The van der Waals surface area contributed by atoms with Crippen molar-refractivity contribution in [2.24, 2.45) is 11.7 Å². The van der Waals surface area contributed by atoms with Gasteiger partial charge in [0.2, 0.25) is 0 Å². The lowest BCUT2D eigenvalue weighted by Crippen LogP contribution is -2.47. The summed E-state index contributed by atoms with van der Waals surface area (Å²) < 4.78 is 0. The highest BCUT2D eigenvalue weighted by atomic mass is 16.6. The lowest BCUT2D eigenvalue weighted by molar-refractivity contribution is -0.384. The van der Waals surface area contributed by atoms with Gasteiger partial charge in [-0.2, -0.15) is 5.26 Å². The second-order valence-corrected chi connectivity index (χ2v) is 5.14. The molecule has 1 aliphatic rings. The third kappa shape index (κ3) is 2.73. The van der Waals surface area contributed by atoms with Crippen molar-refractivity contribution >= 4 is 11.4 Å². The summed E-state index contributed by atoms with van der Waals surface area (Å²) in [4.78, 5) is 12.7. The number of nitrogens with zero attached hydrogens (tertiary/aromatic N) is 3. The Morgan fingerprint density at radius 2 is 2.35 bits per heavy atom. The molecule has 6 nitrogen and oxygen atoms in total. The fourth-order valence-electron chi connectivity index (χ4n) is 2.70. The molecule has 106 valence electrons. The molecule has 0 spiro atoms. The summed E-state index contributed by atoms with van der Waals surface area (Å²) in [6.45, 7) is 3.47. The first-order valence-electron chi connectivity index (χ1n) is 6.75.